The lowest BCUT2D eigenvalue weighted by molar-refractivity contribution is -0.136. The van der Waals surface area contributed by atoms with Gasteiger partial charge >= 0.3 is 5.97 Å². The number of thiocarbonyl (C=S) groups is 1. The molecule has 88 valence electrons. The summed E-state index contributed by atoms with van der Waals surface area (Å²) in [5.74, 6) is -0.218. The lowest BCUT2D eigenvalue weighted by Crippen LogP contribution is -2.20. The van der Waals surface area contributed by atoms with Gasteiger partial charge in [0.25, 0.3) is 0 Å². The van der Waals surface area contributed by atoms with Crippen LogP contribution in [0.3, 0.4) is 0 Å². The van der Waals surface area contributed by atoms with Gasteiger partial charge in [-0.2, -0.15) is 0 Å². The minimum Gasteiger partial charge on any atom is -0.481 e. The van der Waals surface area contributed by atoms with E-state index in [-0.39, 0.29) is 6.42 Å². The van der Waals surface area contributed by atoms with E-state index in [1.807, 2.05) is 0 Å². The van der Waals surface area contributed by atoms with E-state index in [2.05, 4.69) is 12.2 Å². The first kappa shape index (κ1) is 14.7. The summed E-state index contributed by atoms with van der Waals surface area (Å²) in [6.45, 7) is 3.08. The summed E-state index contributed by atoms with van der Waals surface area (Å²) in [5.41, 5.74) is 0. The van der Waals surface area contributed by atoms with E-state index in [0.29, 0.717) is 10.1 Å². The molecule has 3 nitrogen and oxygen atoms in total. The van der Waals surface area contributed by atoms with Crippen molar-refractivity contribution in [2.24, 2.45) is 0 Å². The van der Waals surface area contributed by atoms with E-state index in [1.165, 1.54) is 31.0 Å². The summed E-state index contributed by atoms with van der Waals surface area (Å²) >= 11 is 6.45. The Kier molecular flexibility index (Phi) is 10.0. The Hall–Kier alpha value is -0.290. The smallest absolute Gasteiger partial charge is 0.304 e. The maximum Gasteiger partial charge on any atom is 0.304 e. The normalized spacial score (nSPS) is 9.93. The summed E-state index contributed by atoms with van der Waals surface area (Å²) in [6, 6.07) is 0. The van der Waals surface area contributed by atoms with Gasteiger partial charge in [0, 0.05) is 12.3 Å². The Labute approximate surface area is 101 Å². The number of carboxylic acid groups (broad SMARTS) is 1. The molecule has 15 heavy (non-hydrogen) atoms. The highest BCUT2D eigenvalue weighted by Crippen LogP contribution is 2.04. The molecule has 0 fully saturated rings. The van der Waals surface area contributed by atoms with Gasteiger partial charge in [0.15, 0.2) is 0 Å². The van der Waals surface area contributed by atoms with Crippen LogP contribution in [0.2, 0.25) is 0 Å². The number of carbonyl (C=O) groups is 1. The second kappa shape index (κ2) is 10.2. The Bertz CT molecular complexity index is 198. The molecule has 0 heterocycles. The third kappa shape index (κ3) is 11.6. The van der Waals surface area contributed by atoms with E-state index in [1.54, 1.807) is 0 Å². The van der Waals surface area contributed by atoms with Crippen molar-refractivity contribution < 1.29 is 9.90 Å². The van der Waals surface area contributed by atoms with Crippen molar-refractivity contribution in [3.05, 3.63) is 0 Å². The molecule has 0 saturated carbocycles. The van der Waals surface area contributed by atoms with Gasteiger partial charge in [0.05, 0.1) is 6.42 Å². The number of nitrogens with one attached hydrogen (secondary N) is 1. The SMILES string of the molecule is CCCCCCNC(=S)SCCC(=O)O. The first-order valence-electron chi connectivity index (χ1n) is 5.29. The maximum absolute atomic E-state index is 10.2. The molecule has 0 spiro atoms. The van der Waals surface area contributed by atoms with Crippen molar-refractivity contribution in [2.45, 2.75) is 39.0 Å². The number of hydrogen-bond donors (Lipinski definition) is 2. The summed E-state index contributed by atoms with van der Waals surface area (Å²) in [5, 5.41) is 11.5. The topological polar surface area (TPSA) is 49.3 Å². The second-order valence-electron chi connectivity index (χ2n) is 3.27. The fourth-order valence-corrected chi connectivity index (χ4v) is 2.04. The van der Waals surface area contributed by atoms with Crippen LogP contribution < -0.4 is 5.32 Å². The van der Waals surface area contributed by atoms with Crippen LogP contribution in [-0.4, -0.2) is 27.7 Å². The fourth-order valence-electron chi connectivity index (χ4n) is 1.02. The van der Waals surface area contributed by atoms with E-state index in [9.17, 15) is 4.79 Å². The second-order valence-corrected chi connectivity index (χ2v) is 5.04. The Balaban J connectivity index is 3.22. The highest BCUT2D eigenvalue weighted by molar-refractivity contribution is 8.22. The predicted molar refractivity (Wildman–Crippen MR) is 69.5 cm³/mol. The molecule has 0 aliphatic heterocycles. The average molecular weight is 249 g/mol. The van der Waals surface area contributed by atoms with Crippen LogP contribution in [0, 0.1) is 0 Å². The Morgan fingerprint density at radius 1 is 1.40 bits per heavy atom. The van der Waals surface area contributed by atoms with Gasteiger partial charge in [0.1, 0.15) is 4.32 Å². The molecular weight excluding hydrogens is 230 g/mol. The van der Waals surface area contributed by atoms with Gasteiger partial charge in [-0.1, -0.05) is 50.2 Å². The number of unbranched alkanes of at least 4 members (excludes halogenated alkanes) is 3. The largest absolute Gasteiger partial charge is 0.481 e. The number of thioether (sulfide) groups is 1. The molecule has 0 saturated heterocycles. The van der Waals surface area contributed by atoms with Gasteiger partial charge < -0.3 is 10.4 Å². The van der Waals surface area contributed by atoms with Crippen LogP contribution in [0.15, 0.2) is 0 Å². The highest BCUT2D eigenvalue weighted by atomic mass is 32.2. The van der Waals surface area contributed by atoms with Gasteiger partial charge in [-0.15, -0.1) is 0 Å². The van der Waals surface area contributed by atoms with E-state index < -0.39 is 5.97 Å². The zero-order chi connectivity index (χ0) is 11.5. The van der Waals surface area contributed by atoms with Gasteiger partial charge in [-0.3, -0.25) is 4.79 Å². The molecule has 0 unspecified atom stereocenters. The quantitative estimate of drug-likeness (QED) is 0.511. The van der Waals surface area contributed by atoms with Gasteiger partial charge in [-0.05, 0) is 6.42 Å². The molecule has 0 aliphatic rings. The van der Waals surface area contributed by atoms with E-state index >= 15 is 0 Å². The monoisotopic (exact) mass is 249 g/mol. The average Bonchev–Trinajstić information content (AvgIpc) is 2.17. The molecule has 0 aliphatic carbocycles. The molecule has 0 bridgehead atoms. The summed E-state index contributed by atoms with van der Waals surface area (Å²) in [6.07, 6.45) is 5.03. The molecule has 2 N–H and O–H groups in total. The highest BCUT2D eigenvalue weighted by Gasteiger charge is 2.00. The number of hydrogen-bond acceptors (Lipinski definition) is 3. The first-order valence-corrected chi connectivity index (χ1v) is 6.68. The van der Waals surface area contributed by atoms with Crippen LogP contribution in [-0.2, 0) is 4.79 Å². The summed E-state index contributed by atoms with van der Waals surface area (Å²) < 4.78 is 0.716. The minimum absolute atomic E-state index is 0.169. The standard InChI is InChI=1S/C10H19NO2S2/c1-2-3-4-5-7-11-10(14)15-8-6-9(12)13/h2-8H2,1H3,(H,11,14)(H,12,13). The molecule has 0 aromatic rings. The zero-order valence-corrected chi connectivity index (χ0v) is 10.8. The number of aliphatic carboxylic acids is 1. The van der Waals surface area contributed by atoms with Gasteiger partial charge in [0.2, 0.25) is 0 Å². The van der Waals surface area contributed by atoms with Crippen LogP contribution in [0.25, 0.3) is 0 Å². The third-order valence-corrected chi connectivity index (χ3v) is 3.16. The lowest BCUT2D eigenvalue weighted by Gasteiger charge is -2.06. The summed E-state index contributed by atoms with van der Waals surface area (Å²) in [7, 11) is 0. The van der Waals surface area contributed by atoms with Crippen LogP contribution in [0.1, 0.15) is 39.0 Å². The van der Waals surface area contributed by atoms with E-state index in [4.69, 9.17) is 17.3 Å². The molecule has 5 heteroatoms. The van der Waals surface area contributed by atoms with E-state index in [0.717, 1.165) is 13.0 Å². The van der Waals surface area contributed by atoms with Crippen LogP contribution in [0.4, 0.5) is 0 Å². The Morgan fingerprint density at radius 2 is 2.13 bits per heavy atom. The molecule has 0 aromatic carbocycles. The molecule has 0 amide bonds. The molecule has 0 aromatic heterocycles. The maximum atomic E-state index is 10.2. The van der Waals surface area contributed by atoms with Gasteiger partial charge in [-0.25, -0.2) is 0 Å². The lowest BCUT2D eigenvalue weighted by atomic mass is 10.2. The van der Waals surface area contributed by atoms with Crippen molar-refractivity contribution in [3.63, 3.8) is 0 Å². The third-order valence-electron chi connectivity index (χ3n) is 1.85. The predicted octanol–water partition coefficient (Wildman–Crippen LogP) is 2.65. The molecular formula is C10H19NO2S2. The number of carboxylic acids is 1. The zero-order valence-electron chi connectivity index (χ0n) is 9.12. The molecule has 0 atom stereocenters. The van der Waals surface area contributed by atoms with Crippen LogP contribution in [0.5, 0.6) is 0 Å². The van der Waals surface area contributed by atoms with Crippen molar-refractivity contribution in [1.29, 1.82) is 0 Å². The van der Waals surface area contributed by atoms with Crippen LogP contribution >= 0.6 is 24.0 Å². The van der Waals surface area contributed by atoms with Crippen molar-refractivity contribution in [1.82, 2.24) is 5.32 Å². The molecule has 0 rings (SSSR count). The number of rotatable bonds is 8. The van der Waals surface area contributed by atoms with Crippen molar-refractivity contribution in [2.75, 3.05) is 12.3 Å². The molecule has 0 radical (unpaired) electrons. The fraction of sp³-hybridized carbons (Fsp3) is 0.800. The summed E-state index contributed by atoms with van der Waals surface area (Å²) in [4.78, 5) is 10.2. The minimum atomic E-state index is -0.770. The van der Waals surface area contributed by atoms with Crippen molar-refractivity contribution in [3.8, 4) is 0 Å². The van der Waals surface area contributed by atoms with Crippen molar-refractivity contribution >= 4 is 34.3 Å². The Morgan fingerprint density at radius 3 is 2.73 bits per heavy atom. The first-order chi connectivity index (χ1) is 7.16.